The van der Waals surface area contributed by atoms with Gasteiger partial charge in [-0.3, -0.25) is 0 Å². The standard InChI is InChI=1S/C13H13BrClN5S/c14-9-5-4-6-16-10(9)21-13-18-11(15)17-12(19-13)20-7-2-1-3-8-20/h4-6H,1-3,7-8H2. The molecule has 8 heteroatoms. The molecule has 0 aliphatic carbocycles. The second-order valence-corrected chi connectivity index (χ2v) is 6.78. The summed E-state index contributed by atoms with van der Waals surface area (Å²) in [5, 5.41) is 1.60. The van der Waals surface area contributed by atoms with Crippen LogP contribution >= 0.6 is 39.3 Å². The maximum Gasteiger partial charge on any atom is 0.230 e. The quantitative estimate of drug-likeness (QED) is 0.799. The highest BCUT2D eigenvalue weighted by Gasteiger charge is 2.16. The molecule has 1 saturated heterocycles. The van der Waals surface area contributed by atoms with Crippen LogP contribution in [0, 0.1) is 0 Å². The molecule has 1 aliphatic rings. The maximum atomic E-state index is 6.04. The van der Waals surface area contributed by atoms with Crippen LogP contribution in [0.3, 0.4) is 0 Å². The Labute approximate surface area is 140 Å². The zero-order valence-corrected chi connectivity index (χ0v) is 14.3. The van der Waals surface area contributed by atoms with Crippen LogP contribution < -0.4 is 4.90 Å². The smallest absolute Gasteiger partial charge is 0.230 e. The van der Waals surface area contributed by atoms with Crippen molar-refractivity contribution in [2.45, 2.75) is 29.4 Å². The molecule has 21 heavy (non-hydrogen) atoms. The maximum absolute atomic E-state index is 6.04. The fraction of sp³-hybridized carbons (Fsp3) is 0.385. The van der Waals surface area contributed by atoms with Crippen molar-refractivity contribution >= 4 is 45.2 Å². The Morgan fingerprint density at radius 1 is 1.14 bits per heavy atom. The third-order valence-corrected chi connectivity index (χ3v) is 5.08. The van der Waals surface area contributed by atoms with Gasteiger partial charge in [-0.1, -0.05) is 0 Å². The first-order valence-electron chi connectivity index (χ1n) is 6.67. The molecule has 3 heterocycles. The van der Waals surface area contributed by atoms with Crippen molar-refractivity contribution < 1.29 is 0 Å². The summed E-state index contributed by atoms with van der Waals surface area (Å²) in [5.41, 5.74) is 0. The van der Waals surface area contributed by atoms with Crippen molar-refractivity contribution in [3.63, 3.8) is 0 Å². The van der Waals surface area contributed by atoms with Gasteiger partial charge in [0.2, 0.25) is 11.2 Å². The van der Waals surface area contributed by atoms with Gasteiger partial charge in [-0.2, -0.15) is 15.0 Å². The largest absolute Gasteiger partial charge is 0.341 e. The van der Waals surface area contributed by atoms with E-state index in [1.807, 2.05) is 12.1 Å². The number of hydrogen-bond acceptors (Lipinski definition) is 6. The van der Waals surface area contributed by atoms with E-state index in [0.717, 1.165) is 35.4 Å². The van der Waals surface area contributed by atoms with Crippen LogP contribution in [0.1, 0.15) is 19.3 Å². The molecular formula is C13H13BrClN5S. The van der Waals surface area contributed by atoms with E-state index >= 15 is 0 Å². The molecule has 5 nitrogen and oxygen atoms in total. The van der Waals surface area contributed by atoms with E-state index in [1.165, 1.54) is 18.2 Å². The summed E-state index contributed by atoms with van der Waals surface area (Å²) in [6.45, 7) is 1.94. The molecule has 1 aliphatic heterocycles. The van der Waals surface area contributed by atoms with Crippen molar-refractivity contribution in [2.75, 3.05) is 18.0 Å². The number of anilines is 1. The predicted molar refractivity (Wildman–Crippen MR) is 87.0 cm³/mol. The summed E-state index contributed by atoms with van der Waals surface area (Å²) in [6, 6.07) is 3.80. The van der Waals surface area contributed by atoms with Gasteiger partial charge >= 0.3 is 0 Å². The number of nitrogens with zero attached hydrogens (tertiary/aromatic N) is 5. The van der Waals surface area contributed by atoms with E-state index in [-0.39, 0.29) is 5.28 Å². The third kappa shape index (κ3) is 3.84. The van der Waals surface area contributed by atoms with Gasteiger partial charge in [-0.25, -0.2) is 4.98 Å². The SMILES string of the molecule is Clc1nc(Sc2ncccc2Br)nc(N2CCCCC2)n1. The zero-order valence-electron chi connectivity index (χ0n) is 11.2. The molecule has 1 fully saturated rings. The number of rotatable bonds is 3. The summed E-state index contributed by atoms with van der Waals surface area (Å²) >= 11 is 10.9. The zero-order chi connectivity index (χ0) is 14.7. The highest BCUT2D eigenvalue weighted by atomic mass is 79.9. The lowest BCUT2D eigenvalue weighted by atomic mass is 10.1. The molecule has 0 amide bonds. The number of pyridine rings is 1. The number of halogens is 2. The molecule has 0 aromatic carbocycles. The van der Waals surface area contributed by atoms with Gasteiger partial charge in [0, 0.05) is 19.3 Å². The fourth-order valence-electron chi connectivity index (χ4n) is 2.14. The molecule has 0 N–H and O–H groups in total. The Morgan fingerprint density at radius 3 is 2.71 bits per heavy atom. The van der Waals surface area contributed by atoms with E-state index < -0.39 is 0 Å². The molecule has 0 saturated carbocycles. The van der Waals surface area contributed by atoms with Crippen molar-refractivity contribution in [1.82, 2.24) is 19.9 Å². The molecular weight excluding hydrogens is 374 g/mol. The monoisotopic (exact) mass is 385 g/mol. The molecule has 2 aromatic rings. The molecule has 0 spiro atoms. The van der Waals surface area contributed by atoms with E-state index in [0.29, 0.717) is 11.1 Å². The Morgan fingerprint density at radius 2 is 1.95 bits per heavy atom. The molecule has 0 radical (unpaired) electrons. The lowest BCUT2D eigenvalue weighted by Gasteiger charge is -2.26. The first-order chi connectivity index (χ1) is 10.2. The highest BCUT2D eigenvalue weighted by molar-refractivity contribution is 9.10. The number of hydrogen-bond donors (Lipinski definition) is 0. The van der Waals surface area contributed by atoms with Crippen LogP contribution in [0.2, 0.25) is 5.28 Å². The molecule has 0 bridgehead atoms. The van der Waals surface area contributed by atoms with Gasteiger partial charge in [0.25, 0.3) is 0 Å². The van der Waals surface area contributed by atoms with Crippen LogP contribution in [0.15, 0.2) is 33.0 Å². The normalized spacial score (nSPS) is 15.2. The van der Waals surface area contributed by atoms with Crippen molar-refractivity contribution in [1.29, 1.82) is 0 Å². The lowest BCUT2D eigenvalue weighted by molar-refractivity contribution is 0.564. The molecule has 2 aromatic heterocycles. The minimum Gasteiger partial charge on any atom is -0.341 e. The minimum absolute atomic E-state index is 0.222. The van der Waals surface area contributed by atoms with Crippen LogP contribution in [0.4, 0.5) is 5.95 Å². The molecule has 0 atom stereocenters. The van der Waals surface area contributed by atoms with Crippen molar-refractivity contribution in [2.24, 2.45) is 0 Å². The Kier molecular flexibility index (Phi) is 4.92. The second-order valence-electron chi connectivity index (χ2n) is 4.63. The summed E-state index contributed by atoms with van der Waals surface area (Å²) < 4.78 is 0.908. The number of piperidine rings is 1. The Bertz CT molecular complexity index is 636. The van der Waals surface area contributed by atoms with Gasteiger partial charge in [0.15, 0.2) is 5.16 Å². The Balaban J connectivity index is 1.85. The van der Waals surface area contributed by atoms with E-state index in [9.17, 15) is 0 Å². The van der Waals surface area contributed by atoms with Gasteiger partial charge in [-0.15, -0.1) is 0 Å². The summed E-state index contributed by atoms with van der Waals surface area (Å²) in [4.78, 5) is 19.4. The van der Waals surface area contributed by atoms with Crippen molar-refractivity contribution in [3.8, 4) is 0 Å². The third-order valence-electron chi connectivity index (χ3n) is 3.13. The fourth-order valence-corrected chi connectivity index (χ4v) is 3.55. The first kappa shape index (κ1) is 15.0. The summed E-state index contributed by atoms with van der Waals surface area (Å²) in [7, 11) is 0. The lowest BCUT2D eigenvalue weighted by Crippen LogP contribution is -2.31. The van der Waals surface area contributed by atoms with Gasteiger partial charge in [0.1, 0.15) is 5.03 Å². The molecule has 0 unspecified atom stereocenters. The Hall–Kier alpha value is -0.920. The van der Waals surface area contributed by atoms with Crippen LogP contribution in [0.25, 0.3) is 0 Å². The first-order valence-corrected chi connectivity index (χ1v) is 8.66. The van der Waals surface area contributed by atoms with E-state index in [2.05, 4.69) is 40.8 Å². The topological polar surface area (TPSA) is 54.8 Å². The van der Waals surface area contributed by atoms with Crippen molar-refractivity contribution in [3.05, 3.63) is 28.1 Å². The van der Waals surface area contributed by atoms with Gasteiger partial charge in [0.05, 0.1) is 4.47 Å². The van der Waals surface area contributed by atoms with Crippen LogP contribution in [-0.4, -0.2) is 33.0 Å². The van der Waals surface area contributed by atoms with E-state index in [4.69, 9.17) is 11.6 Å². The molecule has 110 valence electrons. The summed E-state index contributed by atoms with van der Waals surface area (Å²) in [5.74, 6) is 0.657. The second kappa shape index (κ2) is 6.89. The minimum atomic E-state index is 0.222. The van der Waals surface area contributed by atoms with Gasteiger partial charge in [-0.05, 0) is 70.7 Å². The molecule has 3 rings (SSSR count). The number of aromatic nitrogens is 4. The van der Waals surface area contributed by atoms with Crippen LogP contribution in [0.5, 0.6) is 0 Å². The van der Waals surface area contributed by atoms with E-state index in [1.54, 1.807) is 6.20 Å². The summed E-state index contributed by atoms with van der Waals surface area (Å²) in [6.07, 6.45) is 5.33. The van der Waals surface area contributed by atoms with Gasteiger partial charge < -0.3 is 4.90 Å². The highest BCUT2D eigenvalue weighted by Crippen LogP contribution is 2.30. The average molecular weight is 387 g/mol. The predicted octanol–water partition coefficient (Wildman–Crippen LogP) is 3.82. The average Bonchev–Trinajstić information content (AvgIpc) is 2.50. The van der Waals surface area contributed by atoms with Crippen LogP contribution in [-0.2, 0) is 0 Å².